The van der Waals surface area contributed by atoms with Crippen molar-refractivity contribution in [1.82, 2.24) is 10.2 Å². The second-order valence-electron chi connectivity index (χ2n) is 6.22. The van der Waals surface area contributed by atoms with Crippen LogP contribution in [0.4, 0.5) is 0 Å². The van der Waals surface area contributed by atoms with E-state index >= 15 is 0 Å². The van der Waals surface area contributed by atoms with Crippen LogP contribution in [0.15, 0.2) is 18.2 Å². The molecule has 4 nitrogen and oxygen atoms in total. The van der Waals surface area contributed by atoms with E-state index < -0.39 is 0 Å². The molecule has 21 heavy (non-hydrogen) atoms. The second kappa shape index (κ2) is 6.24. The SMILES string of the molecule is COc1ccc(CN2CCNCC23CCCC3)cc1OC. The Kier molecular flexibility index (Phi) is 4.36. The fourth-order valence-corrected chi connectivity index (χ4v) is 3.86. The number of ether oxygens (including phenoxy) is 2. The third kappa shape index (κ3) is 2.87. The normalized spacial score (nSPS) is 21.6. The van der Waals surface area contributed by atoms with Crippen molar-refractivity contribution in [3.8, 4) is 11.5 Å². The minimum Gasteiger partial charge on any atom is -0.493 e. The van der Waals surface area contributed by atoms with E-state index in [2.05, 4.69) is 22.3 Å². The monoisotopic (exact) mass is 290 g/mol. The first kappa shape index (κ1) is 14.7. The molecule has 3 rings (SSSR count). The molecule has 1 N–H and O–H groups in total. The standard InChI is InChI=1S/C17H26N2O2/c1-20-15-6-5-14(11-16(15)21-2)12-19-10-9-18-13-17(19)7-3-4-8-17/h5-6,11,18H,3-4,7-10,12-13H2,1-2H3. The number of hydrogen-bond acceptors (Lipinski definition) is 4. The Morgan fingerprint density at radius 2 is 1.90 bits per heavy atom. The van der Waals surface area contributed by atoms with Crippen LogP contribution >= 0.6 is 0 Å². The zero-order chi connectivity index (χ0) is 14.7. The van der Waals surface area contributed by atoms with Gasteiger partial charge in [0, 0.05) is 31.7 Å². The first-order valence-corrected chi connectivity index (χ1v) is 7.94. The summed E-state index contributed by atoms with van der Waals surface area (Å²) < 4.78 is 10.8. The molecule has 116 valence electrons. The number of hydrogen-bond donors (Lipinski definition) is 1. The minimum absolute atomic E-state index is 0.380. The van der Waals surface area contributed by atoms with E-state index in [1.54, 1.807) is 14.2 Å². The number of piperazine rings is 1. The summed E-state index contributed by atoms with van der Waals surface area (Å²) in [5, 5.41) is 3.59. The average molecular weight is 290 g/mol. The maximum absolute atomic E-state index is 5.43. The Hall–Kier alpha value is -1.26. The first-order valence-electron chi connectivity index (χ1n) is 7.94. The smallest absolute Gasteiger partial charge is 0.161 e. The van der Waals surface area contributed by atoms with E-state index in [1.807, 2.05) is 6.07 Å². The van der Waals surface area contributed by atoms with Gasteiger partial charge in [0.15, 0.2) is 11.5 Å². The lowest BCUT2D eigenvalue weighted by atomic mass is 9.92. The molecule has 2 fully saturated rings. The molecule has 1 aliphatic heterocycles. The van der Waals surface area contributed by atoms with Gasteiger partial charge >= 0.3 is 0 Å². The van der Waals surface area contributed by atoms with Crippen LogP contribution in [-0.2, 0) is 6.54 Å². The largest absolute Gasteiger partial charge is 0.493 e. The molecule has 1 saturated carbocycles. The van der Waals surface area contributed by atoms with E-state index in [0.717, 1.165) is 37.7 Å². The van der Waals surface area contributed by atoms with Crippen molar-refractivity contribution in [2.24, 2.45) is 0 Å². The zero-order valence-electron chi connectivity index (χ0n) is 13.2. The highest BCUT2D eigenvalue weighted by Crippen LogP contribution is 2.37. The quantitative estimate of drug-likeness (QED) is 0.923. The third-order valence-electron chi connectivity index (χ3n) is 5.04. The van der Waals surface area contributed by atoms with E-state index in [-0.39, 0.29) is 0 Å². The third-order valence-corrected chi connectivity index (χ3v) is 5.04. The molecule has 0 atom stereocenters. The number of nitrogens with zero attached hydrogens (tertiary/aromatic N) is 1. The fraction of sp³-hybridized carbons (Fsp3) is 0.647. The molecule has 1 saturated heterocycles. The van der Waals surface area contributed by atoms with Crippen molar-refractivity contribution in [3.63, 3.8) is 0 Å². The van der Waals surface area contributed by atoms with Crippen molar-refractivity contribution in [3.05, 3.63) is 23.8 Å². The Morgan fingerprint density at radius 1 is 1.14 bits per heavy atom. The minimum atomic E-state index is 0.380. The van der Waals surface area contributed by atoms with Gasteiger partial charge in [-0.2, -0.15) is 0 Å². The highest BCUT2D eigenvalue weighted by Gasteiger charge is 2.40. The van der Waals surface area contributed by atoms with Crippen molar-refractivity contribution >= 4 is 0 Å². The summed E-state index contributed by atoms with van der Waals surface area (Å²) in [4.78, 5) is 2.68. The maximum atomic E-state index is 5.43. The van der Waals surface area contributed by atoms with E-state index in [1.165, 1.54) is 31.2 Å². The highest BCUT2D eigenvalue weighted by atomic mass is 16.5. The van der Waals surface area contributed by atoms with Crippen LogP contribution in [-0.4, -0.2) is 44.3 Å². The van der Waals surface area contributed by atoms with Crippen LogP contribution in [0.3, 0.4) is 0 Å². The van der Waals surface area contributed by atoms with Crippen molar-refractivity contribution in [2.75, 3.05) is 33.9 Å². The summed E-state index contributed by atoms with van der Waals surface area (Å²) in [5.41, 5.74) is 1.69. The zero-order valence-corrected chi connectivity index (χ0v) is 13.2. The molecule has 0 amide bonds. The average Bonchev–Trinajstić information content (AvgIpc) is 2.99. The van der Waals surface area contributed by atoms with Gasteiger partial charge in [-0.25, -0.2) is 0 Å². The summed E-state index contributed by atoms with van der Waals surface area (Å²) in [7, 11) is 3.38. The summed E-state index contributed by atoms with van der Waals surface area (Å²) in [5.74, 6) is 1.63. The molecule has 0 unspecified atom stereocenters. The van der Waals surface area contributed by atoms with Crippen LogP contribution in [0, 0.1) is 0 Å². The van der Waals surface area contributed by atoms with Gasteiger partial charge in [0.1, 0.15) is 0 Å². The Bertz CT molecular complexity index is 484. The van der Waals surface area contributed by atoms with E-state index in [9.17, 15) is 0 Å². The molecule has 1 aromatic rings. The summed E-state index contributed by atoms with van der Waals surface area (Å²) in [6.07, 6.45) is 5.38. The van der Waals surface area contributed by atoms with Gasteiger partial charge in [0.2, 0.25) is 0 Å². The molecular weight excluding hydrogens is 264 g/mol. The van der Waals surface area contributed by atoms with E-state index in [0.29, 0.717) is 5.54 Å². The topological polar surface area (TPSA) is 33.7 Å². The van der Waals surface area contributed by atoms with Crippen LogP contribution in [0.1, 0.15) is 31.2 Å². The lowest BCUT2D eigenvalue weighted by Gasteiger charge is -2.45. The Labute approximate surface area is 127 Å². The molecule has 0 aromatic heterocycles. The molecule has 0 radical (unpaired) electrons. The number of methoxy groups -OCH3 is 2. The summed E-state index contributed by atoms with van der Waals surface area (Å²) in [6.45, 7) is 4.37. The molecule has 1 spiro atoms. The predicted molar refractivity (Wildman–Crippen MR) is 84.0 cm³/mol. The van der Waals surface area contributed by atoms with Gasteiger partial charge in [-0.3, -0.25) is 4.90 Å². The molecule has 1 aliphatic carbocycles. The van der Waals surface area contributed by atoms with Gasteiger partial charge in [0.05, 0.1) is 14.2 Å². The molecule has 4 heteroatoms. The van der Waals surface area contributed by atoms with Crippen LogP contribution in [0.25, 0.3) is 0 Å². The Morgan fingerprint density at radius 3 is 2.62 bits per heavy atom. The van der Waals surface area contributed by atoms with Gasteiger partial charge in [-0.15, -0.1) is 0 Å². The lowest BCUT2D eigenvalue weighted by molar-refractivity contribution is 0.0572. The van der Waals surface area contributed by atoms with Crippen molar-refractivity contribution in [2.45, 2.75) is 37.8 Å². The molecule has 0 bridgehead atoms. The van der Waals surface area contributed by atoms with E-state index in [4.69, 9.17) is 9.47 Å². The predicted octanol–water partition coefficient (Wildman–Crippen LogP) is 2.42. The van der Waals surface area contributed by atoms with Crippen LogP contribution < -0.4 is 14.8 Å². The maximum Gasteiger partial charge on any atom is 0.161 e. The molecule has 1 aromatic carbocycles. The molecule has 2 aliphatic rings. The van der Waals surface area contributed by atoms with Gasteiger partial charge < -0.3 is 14.8 Å². The van der Waals surface area contributed by atoms with Gasteiger partial charge in [-0.05, 0) is 30.5 Å². The van der Waals surface area contributed by atoms with Crippen molar-refractivity contribution < 1.29 is 9.47 Å². The summed E-state index contributed by atoms with van der Waals surface area (Å²) in [6, 6.07) is 6.28. The van der Waals surface area contributed by atoms with Crippen LogP contribution in [0.2, 0.25) is 0 Å². The van der Waals surface area contributed by atoms with Gasteiger partial charge in [0.25, 0.3) is 0 Å². The summed E-state index contributed by atoms with van der Waals surface area (Å²) >= 11 is 0. The highest BCUT2D eigenvalue weighted by molar-refractivity contribution is 5.42. The number of nitrogens with one attached hydrogen (secondary N) is 1. The van der Waals surface area contributed by atoms with Crippen molar-refractivity contribution in [1.29, 1.82) is 0 Å². The van der Waals surface area contributed by atoms with Crippen LogP contribution in [0.5, 0.6) is 11.5 Å². The second-order valence-corrected chi connectivity index (χ2v) is 6.22. The first-order chi connectivity index (χ1) is 10.3. The van der Waals surface area contributed by atoms with Gasteiger partial charge in [-0.1, -0.05) is 18.9 Å². The fourth-order valence-electron chi connectivity index (χ4n) is 3.86. The number of benzene rings is 1. The Balaban J connectivity index is 1.78. The molecular formula is C17H26N2O2. The lowest BCUT2D eigenvalue weighted by Crippen LogP contribution is -2.59. The molecule has 1 heterocycles. The number of rotatable bonds is 4.